The molecule has 0 N–H and O–H groups in total. The minimum absolute atomic E-state index is 0.374. The second-order valence-electron chi connectivity index (χ2n) is 2.70. The van der Waals surface area contributed by atoms with Gasteiger partial charge in [0.15, 0.2) is 0 Å². The van der Waals surface area contributed by atoms with E-state index in [9.17, 15) is 4.79 Å². The van der Waals surface area contributed by atoms with E-state index in [-0.39, 0.29) is 5.97 Å². The van der Waals surface area contributed by atoms with Gasteiger partial charge in [0.05, 0.1) is 14.2 Å². The zero-order valence-corrected chi connectivity index (χ0v) is 8.87. The van der Waals surface area contributed by atoms with Crippen LogP contribution >= 0.6 is 0 Å². The normalized spacial score (nSPS) is 8.33. The van der Waals surface area contributed by atoms with Crippen LogP contribution in [0, 0.1) is 13.6 Å². The van der Waals surface area contributed by atoms with Gasteiger partial charge in [-0.3, -0.25) is 0 Å². The van der Waals surface area contributed by atoms with Crippen molar-refractivity contribution in [2.75, 3.05) is 14.2 Å². The molecular formula is C11H12O4. The summed E-state index contributed by atoms with van der Waals surface area (Å²) in [4.78, 5) is 11.2. The maximum atomic E-state index is 11.2. The molecular weight excluding hydrogens is 196 g/mol. The van der Waals surface area contributed by atoms with Crippen molar-refractivity contribution in [1.82, 2.24) is 0 Å². The third-order valence-corrected chi connectivity index (χ3v) is 1.76. The van der Waals surface area contributed by atoms with E-state index in [2.05, 4.69) is 11.4 Å². The molecule has 0 aliphatic rings. The van der Waals surface area contributed by atoms with Gasteiger partial charge in [0, 0.05) is 0 Å². The number of rotatable bonds is 2. The SMILES string of the molecule is COC(=O)c1cc(C)ccc1OC.[C-]#[O+]. The first-order valence-electron chi connectivity index (χ1n) is 4.12. The zero-order chi connectivity index (χ0) is 11.8. The Balaban J connectivity index is 0.000000921. The van der Waals surface area contributed by atoms with Crippen molar-refractivity contribution in [3.05, 3.63) is 36.0 Å². The Morgan fingerprint density at radius 2 is 1.93 bits per heavy atom. The van der Waals surface area contributed by atoms with Gasteiger partial charge in [-0.2, -0.15) is 0 Å². The Bertz CT molecular complexity index is 355. The van der Waals surface area contributed by atoms with Crippen LogP contribution in [-0.4, -0.2) is 20.2 Å². The zero-order valence-electron chi connectivity index (χ0n) is 8.87. The summed E-state index contributed by atoms with van der Waals surface area (Å²) in [6, 6.07) is 5.37. The van der Waals surface area contributed by atoms with Crippen molar-refractivity contribution in [2.45, 2.75) is 6.92 Å². The van der Waals surface area contributed by atoms with E-state index in [0.717, 1.165) is 5.56 Å². The number of carbonyl (C=O) groups excluding carboxylic acids is 1. The molecule has 0 heterocycles. The molecule has 1 rings (SSSR count). The topological polar surface area (TPSA) is 55.4 Å². The standard InChI is InChI=1S/C10H12O3.CO/c1-7-4-5-9(12-2)8(6-7)10(11)13-3;1-2/h4-6H,1-3H3;. The van der Waals surface area contributed by atoms with Crippen LogP contribution in [-0.2, 0) is 9.39 Å². The number of hydrogen-bond donors (Lipinski definition) is 0. The van der Waals surface area contributed by atoms with Crippen LogP contribution in [0.25, 0.3) is 0 Å². The Hall–Kier alpha value is -1.77. The third-order valence-electron chi connectivity index (χ3n) is 1.76. The molecule has 0 saturated heterocycles. The van der Waals surface area contributed by atoms with Gasteiger partial charge in [0.1, 0.15) is 11.3 Å². The predicted octanol–water partition coefficient (Wildman–Crippen LogP) is 1.75. The molecule has 15 heavy (non-hydrogen) atoms. The quantitative estimate of drug-likeness (QED) is 0.422. The van der Waals surface area contributed by atoms with Gasteiger partial charge < -0.3 is 9.47 Å². The number of carbonyl (C=O) groups is 1. The first-order chi connectivity index (χ1) is 7.19. The summed E-state index contributed by atoms with van der Waals surface area (Å²) in [5, 5.41) is 0. The van der Waals surface area contributed by atoms with Crippen molar-refractivity contribution in [3.63, 3.8) is 0 Å². The Labute approximate surface area is 88.5 Å². The Morgan fingerprint density at radius 3 is 2.40 bits per heavy atom. The van der Waals surface area contributed by atoms with E-state index in [1.54, 1.807) is 12.1 Å². The number of methoxy groups -OCH3 is 2. The van der Waals surface area contributed by atoms with Crippen molar-refractivity contribution in [3.8, 4) is 5.75 Å². The van der Waals surface area contributed by atoms with Crippen LogP contribution in [0.1, 0.15) is 15.9 Å². The van der Waals surface area contributed by atoms with Crippen LogP contribution in [0.15, 0.2) is 18.2 Å². The minimum atomic E-state index is -0.374. The van der Waals surface area contributed by atoms with Gasteiger partial charge >= 0.3 is 17.3 Å². The van der Waals surface area contributed by atoms with Gasteiger partial charge in [0.2, 0.25) is 0 Å². The average molecular weight is 208 g/mol. The molecule has 0 aliphatic carbocycles. The molecule has 0 atom stereocenters. The summed E-state index contributed by atoms with van der Waals surface area (Å²) >= 11 is 0. The molecule has 0 saturated carbocycles. The second-order valence-corrected chi connectivity index (χ2v) is 2.70. The summed E-state index contributed by atoms with van der Waals surface area (Å²) in [5.41, 5.74) is 1.46. The summed E-state index contributed by atoms with van der Waals surface area (Å²) < 4.78 is 17.1. The Morgan fingerprint density at radius 1 is 1.33 bits per heavy atom. The molecule has 0 amide bonds. The fraction of sp³-hybridized carbons (Fsp3) is 0.273. The molecule has 1 aromatic rings. The number of hydrogen-bond acceptors (Lipinski definition) is 3. The van der Waals surface area contributed by atoms with Crippen molar-refractivity contribution < 1.29 is 18.9 Å². The number of esters is 1. The molecule has 0 fully saturated rings. The molecule has 0 spiro atoms. The van der Waals surface area contributed by atoms with E-state index in [0.29, 0.717) is 11.3 Å². The summed E-state index contributed by atoms with van der Waals surface area (Å²) in [6.45, 7) is 6.41. The first-order valence-corrected chi connectivity index (χ1v) is 4.12. The van der Waals surface area contributed by atoms with Crippen LogP contribution < -0.4 is 4.74 Å². The van der Waals surface area contributed by atoms with Crippen molar-refractivity contribution >= 4 is 5.97 Å². The Kier molecular flexibility index (Phi) is 5.86. The van der Waals surface area contributed by atoms with E-state index < -0.39 is 0 Å². The maximum absolute atomic E-state index is 11.2. The van der Waals surface area contributed by atoms with Crippen LogP contribution in [0.3, 0.4) is 0 Å². The summed E-state index contributed by atoms with van der Waals surface area (Å²) in [6.07, 6.45) is 0. The molecule has 1 aromatic carbocycles. The van der Waals surface area contributed by atoms with Gasteiger partial charge in [-0.25, -0.2) is 4.79 Å². The summed E-state index contributed by atoms with van der Waals surface area (Å²) in [5.74, 6) is 0.165. The third kappa shape index (κ3) is 3.46. The van der Waals surface area contributed by atoms with E-state index in [1.165, 1.54) is 14.2 Å². The molecule has 0 aromatic heterocycles. The van der Waals surface area contributed by atoms with Gasteiger partial charge in [0.25, 0.3) is 0 Å². The fourth-order valence-corrected chi connectivity index (χ4v) is 1.09. The van der Waals surface area contributed by atoms with Crippen LogP contribution in [0.4, 0.5) is 0 Å². The number of aryl methyl sites for hydroxylation is 1. The summed E-state index contributed by atoms with van der Waals surface area (Å²) in [7, 11) is 2.88. The molecule has 4 nitrogen and oxygen atoms in total. The first kappa shape index (κ1) is 13.2. The number of ether oxygens (including phenoxy) is 2. The van der Waals surface area contributed by atoms with E-state index in [1.807, 2.05) is 13.0 Å². The fourth-order valence-electron chi connectivity index (χ4n) is 1.09. The number of benzene rings is 1. The second kappa shape index (κ2) is 6.65. The van der Waals surface area contributed by atoms with Crippen molar-refractivity contribution in [1.29, 1.82) is 0 Å². The van der Waals surface area contributed by atoms with Gasteiger partial charge in [-0.15, -0.1) is 0 Å². The van der Waals surface area contributed by atoms with Crippen molar-refractivity contribution in [2.24, 2.45) is 0 Å². The van der Waals surface area contributed by atoms with E-state index in [4.69, 9.17) is 9.39 Å². The van der Waals surface area contributed by atoms with Gasteiger partial charge in [-0.1, -0.05) is 11.6 Å². The van der Waals surface area contributed by atoms with Crippen LogP contribution in [0.5, 0.6) is 5.75 Å². The predicted molar refractivity (Wildman–Crippen MR) is 53.0 cm³/mol. The molecule has 4 heteroatoms. The monoisotopic (exact) mass is 208 g/mol. The van der Waals surface area contributed by atoms with Gasteiger partial charge in [-0.05, 0) is 19.1 Å². The molecule has 80 valence electrons. The average Bonchev–Trinajstić information content (AvgIpc) is 2.30. The van der Waals surface area contributed by atoms with Crippen LogP contribution in [0.2, 0.25) is 0 Å². The van der Waals surface area contributed by atoms with E-state index >= 15 is 0 Å². The molecule has 0 unspecified atom stereocenters. The molecule has 0 radical (unpaired) electrons. The molecule has 0 bridgehead atoms. The molecule has 0 aliphatic heterocycles.